The molecule has 2 aromatic heterocycles. The number of hydrogen-bond donors (Lipinski definition) is 1. The maximum Gasteiger partial charge on any atom is 0.416 e. The lowest BCUT2D eigenvalue weighted by atomic mass is 10.0. The molecular weight excluding hydrogens is 255 g/mol. The number of alkyl halides is 3. The van der Waals surface area contributed by atoms with E-state index in [0.717, 1.165) is 30.2 Å². The molecule has 2 rings (SSSR count). The smallest absolute Gasteiger partial charge is 0.382 e. The first-order chi connectivity index (χ1) is 8.00. The number of halogens is 3. The van der Waals surface area contributed by atoms with E-state index in [9.17, 15) is 18.3 Å². The zero-order valence-corrected chi connectivity index (χ0v) is 9.03. The number of pyridine rings is 1. The van der Waals surface area contributed by atoms with Crippen molar-refractivity contribution in [1.29, 1.82) is 0 Å². The Hall–Kier alpha value is -1.54. The highest BCUT2D eigenvalue weighted by Crippen LogP contribution is 2.35. The van der Waals surface area contributed by atoms with Gasteiger partial charge in [0.1, 0.15) is 11.8 Å². The number of hydrogen-bond acceptors (Lipinski definition) is 5. The van der Waals surface area contributed by atoms with Gasteiger partial charge in [0.2, 0.25) is 0 Å². The average Bonchev–Trinajstić information content (AvgIpc) is 2.80. The van der Waals surface area contributed by atoms with Crippen molar-refractivity contribution >= 4 is 11.7 Å². The fourth-order valence-corrected chi connectivity index (χ4v) is 1.78. The molecule has 2 aromatic rings. The number of rotatable bonds is 2. The van der Waals surface area contributed by atoms with Crippen molar-refractivity contribution in [3.05, 3.63) is 41.5 Å². The molecule has 0 aromatic carbocycles. The van der Waals surface area contributed by atoms with Gasteiger partial charge in [0.25, 0.3) is 0 Å². The lowest BCUT2D eigenvalue weighted by molar-refractivity contribution is -0.139. The van der Waals surface area contributed by atoms with E-state index in [2.05, 4.69) is 13.7 Å². The molecule has 1 atom stereocenters. The van der Waals surface area contributed by atoms with Gasteiger partial charge in [0.05, 0.1) is 23.5 Å². The number of aromatic nitrogens is 3. The molecule has 2 heterocycles. The van der Waals surface area contributed by atoms with Crippen LogP contribution in [0.15, 0.2) is 24.7 Å². The number of nitrogens with zero attached hydrogens (tertiary/aromatic N) is 3. The Morgan fingerprint density at radius 2 is 2.06 bits per heavy atom. The summed E-state index contributed by atoms with van der Waals surface area (Å²) in [7, 11) is 0. The standard InChI is InChI=1S/C9H6F3N3OS/c10-9(11,12)6-1-2-13-3-5(6)8(16)7-4-14-17-15-7/h1-4,8,16H. The van der Waals surface area contributed by atoms with Crippen LogP contribution in [0.2, 0.25) is 0 Å². The molecule has 90 valence electrons. The van der Waals surface area contributed by atoms with E-state index in [1.54, 1.807) is 0 Å². The zero-order valence-electron chi connectivity index (χ0n) is 8.22. The predicted molar refractivity (Wildman–Crippen MR) is 53.2 cm³/mol. The predicted octanol–water partition coefficient (Wildman–Crippen LogP) is 2.03. The Labute approximate surface area is 98.1 Å². The first kappa shape index (κ1) is 11.9. The van der Waals surface area contributed by atoms with E-state index in [4.69, 9.17) is 0 Å². The van der Waals surface area contributed by atoms with Gasteiger partial charge in [-0.05, 0) is 6.07 Å². The van der Waals surface area contributed by atoms with Gasteiger partial charge in [-0.15, -0.1) is 0 Å². The number of aliphatic hydroxyl groups is 1. The molecule has 4 nitrogen and oxygen atoms in total. The highest BCUT2D eigenvalue weighted by atomic mass is 32.1. The number of aliphatic hydroxyl groups excluding tert-OH is 1. The quantitative estimate of drug-likeness (QED) is 0.898. The molecule has 0 aliphatic rings. The minimum Gasteiger partial charge on any atom is -0.382 e. The summed E-state index contributed by atoms with van der Waals surface area (Å²) in [5, 5.41) is 9.79. The fraction of sp³-hybridized carbons (Fsp3) is 0.222. The Morgan fingerprint density at radius 3 is 2.65 bits per heavy atom. The molecule has 17 heavy (non-hydrogen) atoms. The molecule has 0 amide bonds. The molecule has 0 saturated carbocycles. The molecule has 0 saturated heterocycles. The minimum absolute atomic E-state index is 0.0773. The first-order valence-electron chi connectivity index (χ1n) is 4.47. The molecular formula is C9H6F3N3OS. The largest absolute Gasteiger partial charge is 0.416 e. The third-order valence-corrected chi connectivity index (χ3v) is 2.60. The molecule has 0 radical (unpaired) electrons. The zero-order chi connectivity index (χ0) is 12.5. The molecule has 8 heteroatoms. The van der Waals surface area contributed by atoms with Crippen molar-refractivity contribution < 1.29 is 18.3 Å². The highest BCUT2D eigenvalue weighted by Gasteiger charge is 2.35. The molecule has 1 N–H and O–H groups in total. The highest BCUT2D eigenvalue weighted by molar-refractivity contribution is 6.99. The molecule has 0 bridgehead atoms. The summed E-state index contributed by atoms with van der Waals surface area (Å²) < 4.78 is 45.4. The van der Waals surface area contributed by atoms with Crippen LogP contribution in [0.5, 0.6) is 0 Å². The van der Waals surface area contributed by atoms with Gasteiger partial charge < -0.3 is 5.11 Å². The molecule has 0 spiro atoms. The summed E-state index contributed by atoms with van der Waals surface area (Å²) in [6.07, 6.45) is -2.78. The summed E-state index contributed by atoms with van der Waals surface area (Å²) in [4.78, 5) is 3.59. The lowest BCUT2D eigenvalue weighted by Crippen LogP contribution is -2.13. The van der Waals surface area contributed by atoms with Gasteiger partial charge in [0.15, 0.2) is 0 Å². The summed E-state index contributed by atoms with van der Waals surface area (Å²) in [6, 6.07) is 0.818. The van der Waals surface area contributed by atoms with E-state index in [-0.39, 0.29) is 11.3 Å². The second-order valence-corrected chi connectivity index (χ2v) is 3.75. The summed E-state index contributed by atoms with van der Waals surface area (Å²) >= 11 is 0.814. The van der Waals surface area contributed by atoms with Gasteiger partial charge in [-0.2, -0.15) is 21.9 Å². The second-order valence-electron chi connectivity index (χ2n) is 3.20. The van der Waals surface area contributed by atoms with Gasteiger partial charge in [-0.25, -0.2) is 0 Å². The van der Waals surface area contributed by atoms with Gasteiger partial charge in [-0.3, -0.25) is 4.98 Å². The maximum absolute atomic E-state index is 12.7. The van der Waals surface area contributed by atoms with Crippen LogP contribution >= 0.6 is 11.7 Å². The van der Waals surface area contributed by atoms with Gasteiger partial charge in [0, 0.05) is 18.0 Å². The minimum atomic E-state index is -4.54. The second kappa shape index (κ2) is 4.38. The third kappa shape index (κ3) is 2.42. The monoisotopic (exact) mass is 261 g/mol. The van der Waals surface area contributed by atoms with Crippen molar-refractivity contribution in [2.75, 3.05) is 0 Å². The van der Waals surface area contributed by atoms with Crippen LogP contribution in [-0.4, -0.2) is 18.8 Å². The normalized spacial score (nSPS) is 13.6. The molecule has 1 unspecified atom stereocenters. The average molecular weight is 261 g/mol. The molecule has 0 aliphatic carbocycles. The van der Waals surface area contributed by atoms with Crippen LogP contribution < -0.4 is 0 Å². The van der Waals surface area contributed by atoms with E-state index in [0.29, 0.717) is 0 Å². The Balaban J connectivity index is 2.46. The SMILES string of the molecule is OC(c1cnsn1)c1cnccc1C(F)(F)F. The van der Waals surface area contributed by atoms with Crippen LogP contribution in [0.25, 0.3) is 0 Å². The van der Waals surface area contributed by atoms with Crippen LogP contribution in [0.1, 0.15) is 22.9 Å². The Bertz CT molecular complexity index is 500. The van der Waals surface area contributed by atoms with Crippen LogP contribution in [0.4, 0.5) is 13.2 Å². The van der Waals surface area contributed by atoms with E-state index in [1.165, 1.54) is 6.20 Å². The first-order valence-corrected chi connectivity index (χ1v) is 5.20. The third-order valence-electron chi connectivity index (χ3n) is 2.11. The van der Waals surface area contributed by atoms with Crippen molar-refractivity contribution in [3.63, 3.8) is 0 Å². The van der Waals surface area contributed by atoms with Crippen LogP contribution in [-0.2, 0) is 6.18 Å². The van der Waals surface area contributed by atoms with Crippen molar-refractivity contribution in [1.82, 2.24) is 13.7 Å². The van der Waals surface area contributed by atoms with E-state index >= 15 is 0 Å². The van der Waals surface area contributed by atoms with Gasteiger partial charge >= 0.3 is 6.18 Å². The van der Waals surface area contributed by atoms with Crippen molar-refractivity contribution in [2.45, 2.75) is 12.3 Å². The topological polar surface area (TPSA) is 58.9 Å². The molecule has 0 aliphatic heterocycles. The summed E-state index contributed by atoms with van der Waals surface area (Å²) in [5.74, 6) is 0. The van der Waals surface area contributed by atoms with Crippen molar-refractivity contribution in [2.24, 2.45) is 0 Å². The summed E-state index contributed by atoms with van der Waals surface area (Å²) in [6.45, 7) is 0. The van der Waals surface area contributed by atoms with Gasteiger partial charge in [-0.1, -0.05) is 0 Å². The van der Waals surface area contributed by atoms with E-state index < -0.39 is 17.8 Å². The maximum atomic E-state index is 12.7. The Morgan fingerprint density at radius 1 is 1.29 bits per heavy atom. The van der Waals surface area contributed by atoms with Crippen LogP contribution in [0.3, 0.4) is 0 Å². The Kier molecular flexibility index (Phi) is 3.07. The molecule has 0 fully saturated rings. The van der Waals surface area contributed by atoms with E-state index in [1.807, 2.05) is 0 Å². The van der Waals surface area contributed by atoms with Crippen molar-refractivity contribution in [3.8, 4) is 0 Å². The van der Waals surface area contributed by atoms with Crippen LogP contribution in [0, 0.1) is 0 Å². The fourth-order valence-electron chi connectivity index (χ4n) is 1.33. The summed E-state index contributed by atoms with van der Waals surface area (Å²) in [5.41, 5.74) is -1.17. The lowest BCUT2D eigenvalue weighted by Gasteiger charge is -2.14.